The molecule has 13 heavy (non-hydrogen) atoms. The Balaban J connectivity index is 2.46. The maximum atomic E-state index is 11.8. The molecule has 0 spiro atoms. The van der Waals surface area contributed by atoms with E-state index in [2.05, 4.69) is 6.92 Å². The van der Waals surface area contributed by atoms with Crippen molar-refractivity contribution in [1.29, 1.82) is 0 Å². The van der Waals surface area contributed by atoms with Gasteiger partial charge < -0.3 is 0 Å². The molecule has 1 heteroatoms. The summed E-state index contributed by atoms with van der Waals surface area (Å²) < 4.78 is 0. The molecule has 1 aliphatic rings. The van der Waals surface area contributed by atoms with E-state index in [1.165, 1.54) is 19.3 Å². The molecule has 0 radical (unpaired) electrons. The number of carbonyl (C=O) groups is 1. The minimum Gasteiger partial charge on any atom is -0.299 e. The summed E-state index contributed by atoms with van der Waals surface area (Å²) in [4.78, 5) is 11.8. The Hall–Kier alpha value is -0.330. The average molecular weight is 182 g/mol. The number of rotatable bonds is 2. The van der Waals surface area contributed by atoms with E-state index < -0.39 is 0 Å². The quantitative estimate of drug-likeness (QED) is 0.598. The summed E-state index contributed by atoms with van der Waals surface area (Å²) in [5.41, 5.74) is 0. The standard InChI is InChI=1S/C12H22O/c1-9(2)12(13)11-6-4-5-10(3)7-8-11/h9-11H,4-8H2,1-3H3. The van der Waals surface area contributed by atoms with Crippen LogP contribution in [-0.4, -0.2) is 5.78 Å². The predicted molar refractivity (Wildman–Crippen MR) is 55.6 cm³/mol. The topological polar surface area (TPSA) is 17.1 Å². The van der Waals surface area contributed by atoms with Gasteiger partial charge in [-0.2, -0.15) is 0 Å². The van der Waals surface area contributed by atoms with E-state index in [-0.39, 0.29) is 5.92 Å². The van der Waals surface area contributed by atoms with Crippen LogP contribution in [0.25, 0.3) is 0 Å². The van der Waals surface area contributed by atoms with Gasteiger partial charge in [-0.1, -0.05) is 40.0 Å². The highest BCUT2D eigenvalue weighted by molar-refractivity contribution is 5.82. The number of Topliss-reactive ketones (excluding diaryl/α,β-unsaturated/α-hetero) is 1. The fraction of sp³-hybridized carbons (Fsp3) is 0.917. The minimum atomic E-state index is 0.235. The second-order valence-corrected chi connectivity index (χ2v) is 4.87. The lowest BCUT2D eigenvalue weighted by Crippen LogP contribution is -2.19. The van der Waals surface area contributed by atoms with Crippen LogP contribution in [0.1, 0.15) is 52.9 Å². The zero-order valence-corrected chi connectivity index (χ0v) is 9.18. The van der Waals surface area contributed by atoms with Crippen LogP contribution in [0.5, 0.6) is 0 Å². The van der Waals surface area contributed by atoms with Crippen LogP contribution in [0.15, 0.2) is 0 Å². The molecule has 1 aliphatic carbocycles. The molecule has 76 valence electrons. The first-order chi connectivity index (χ1) is 6.11. The van der Waals surface area contributed by atoms with Crippen molar-refractivity contribution < 1.29 is 4.79 Å². The molecule has 1 nitrogen and oxygen atoms in total. The fourth-order valence-corrected chi connectivity index (χ4v) is 2.24. The van der Waals surface area contributed by atoms with Crippen molar-refractivity contribution in [1.82, 2.24) is 0 Å². The highest BCUT2D eigenvalue weighted by Crippen LogP contribution is 2.28. The molecule has 1 fully saturated rings. The second-order valence-electron chi connectivity index (χ2n) is 4.87. The van der Waals surface area contributed by atoms with Crippen molar-refractivity contribution in [2.45, 2.75) is 52.9 Å². The molecule has 1 rings (SSSR count). The Labute approximate surface area is 81.9 Å². The fourth-order valence-electron chi connectivity index (χ4n) is 2.24. The van der Waals surface area contributed by atoms with Crippen LogP contribution in [0.3, 0.4) is 0 Å². The molecule has 0 aliphatic heterocycles. The first kappa shape index (κ1) is 10.7. The highest BCUT2D eigenvalue weighted by Gasteiger charge is 2.23. The summed E-state index contributed by atoms with van der Waals surface area (Å²) >= 11 is 0. The molecule has 0 amide bonds. The van der Waals surface area contributed by atoms with Gasteiger partial charge in [-0.15, -0.1) is 0 Å². The van der Waals surface area contributed by atoms with E-state index in [1.54, 1.807) is 0 Å². The van der Waals surface area contributed by atoms with E-state index in [9.17, 15) is 4.79 Å². The maximum absolute atomic E-state index is 11.8. The lowest BCUT2D eigenvalue weighted by Gasteiger charge is -2.14. The van der Waals surface area contributed by atoms with E-state index >= 15 is 0 Å². The van der Waals surface area contributed by atoms with Crippen LogP contribution < -0.4 is 0 Å². The highest BCUT2D eigenvalue weighted by atomic mass is 16.1. The molecule has 0 bridgehead atoms. The third-order valence-electron chi connectivity index (χ3n) is 3.23. The van der Waals surface area contributed by atoms with Crippen LogP contribution in [0, 0.1) is 17.8 Å². The molecule has 2 unspecified atom stereocenters. The van der Waals surface area contributed by atoms with Gasteiger partial charge in [-0.05, 0) is 18.8 Å². The molecular formula is C12H22O. The van der Waals surface area contributed by atoms with Gasteiger partial charge in [0.2, 0.25) is 0 Å². The Morgan fingerprint density at radius 1 is 1.15 bits per heavy atom. The summed E-state index contributed by atoms with van der Waals surface area (Å²) in [5.74, 6) is 1.95. The first-order valence-corrected chi connectivity index (χ1v) is 5.65. The van der Waals surface area contributed by atoms with Gasteiger partial charge in [0, 0.05) is 11.8 Å². The Kier molecular flexibility index (Phi) is 3.95. The minimum absolute atomic E-state index is 0.235. The van der Waals surface area contributed by atoms with Crippen molar-refractivity contribution >= 4 is 5.78 Å². The largest absolute Gasteiger partial charge is 0.299 e. The lowest BCUT2D eigenvalue weighted by atomic mass is 9.89. The maximum Gasteiger partial charge on any atom is 0.138 e. The Bertz CT molecular complexity index is 172. The molecule has 0 aromatic carbocycles. The molecule has 0 aromatic rings. The summed E-state index contributed by atoms with van der Waals surface area (Å²) in [6.45, 7) is 6.36. The Morgan fingerprint density at radius 3 is 2.46 bits per heavy atom. The van der Waals surface area contributed by atoms with Crippen LogP contribution >= 0.6 is 0 Å². The third-order valence-corrected chi connectivity index (χ3v) is 3.23. The zero-order chi connectivity index (χ0) is 9.84. The summed E-state index contributed by atoms with van der Waals surface area (Å²) in [5, 5.41) is 0. The molecule has 0 saturated heterocycles. The van der Waals surface area contributed by atoms with Gasteiger partial charge in [0.1, 0.15) is 5.78 Å². The van der Waals surface area contributed by atoms with E-state index in [1.807, 2.05) is 13.8 Å². The number of hydrogen-bond donors (Lipinski definition) is 0. The molecular weight excluding hydrogens is 160 g/mol. The predicted octanol–water partition coefficient (Wildman–Crippen LogP) is 3.43. The third kappa shape index (κ3) is 3.13. The van der Waals surface area contributed by atoms with Gasteiger partial charge in [0.15, 0.2) is 0 Å². The SMILES string of the molecule is CC1CCCC(C(=O)C(C)C)CC1. The second kappa shape index (κ2) is 4.78. The normalized spacial score (nSPS) is 30.2. The van der Waals surface area contributed by atoms with Crippen molar-refractivity contribution in [2.75, 3.05) is 0 Å². The van der Waals surface area contributed by atoms with Crippen LogP contribution in [0.4, 0.5) is 0 Å². The van der Waals surface area contributed by atoms with E-state index in [4.69, 9.17) is 0 Å². The van der Waals surface area contributed by atoms with Crippen molar-refractivity contribution in [3.63, 3.8) is 0 Å². The number of hydrogen-bond acceptors (Lipinski definition) is 1. The smallest absolute Gasteiger partial charge is 0.138 e. The Morgan fingerprint density at radius 2 is 1.85 bits per heavy atom. The number of carbonyl (C=O) groups excluding carboxylic acids is 1. The van der Waals surface area contributed by atoms with Crippen molar-refractivity contribution in [3.05, 3.63) is 0 Å². The summed E-state index contributed by atoms with van der Waals surface area (Å²) in [7, 11) is 0. The first-order valence-electron chi connectivity index (χ1n) is 5.65. The summed E-state index contributed by atoms with van der Waals surface area (Å²) in [6.07, 6.45) is 6.11. The summed E-state index contributed by atoms with van der Waals surface area (Å²) in [6, 6.07) is 0. The van der Waals surface area contributed by atoms with Crippen LogP contribution in [0.2, 0.25) is 0 Å². The van der Waals surface area contributed by atoms with Gasteiger partial charge in [0.25, 0.3) is 0 Å². The number of ketones is 1. The molecule has 0 aromatic heterocycles. The van der Waals surface area contributed by atoms with Gasteiger partial charge in [0.05, 0.1) is 0 Å². The lowest BCUT2D eigenvalue weighted by molar-refractivity contribution is -0.126. The van der Waals surface area contributed by atoms with E-state index in [0.29, 0.717) is 11.7 Å². The van der Waals surface area contributed by atoms with E-state index in [0.717, 1.165) is 18.8 Å². The molecule has 2 atom stereocenters. The van der Waals surface area contributed by atoms with Crippen molar-refractivity contribution in [3.8, 4) is 0 Å². The molecule has 0 N–H and O–H groups in total. The van der Waals surface area contributed by atoms with Crippen LogP contribution in [-0.2, 0) is 4.79 Å². The zero-order valence-electron chi connectivity index (χ0n) is 9.18. The molecule has 0 heterocycles. The van der Waals surface area contributed by atoms with Gasteiger partial charge in [-0.3, -0.25) is 4.79 Å². The van der Waals surface area contributed by atoms with Crippen molar-refractivity contribution in [2.24, 2.45) is 17.8 Å². The van der Waals surface area contributed by atoms with Gasteiger partial charge in [-0.25, -0.2) is 0 Å². The average Bonchev–Trinajstić information content (AvgIpc) is 2.28. The molecule has 1 saturated carbocycles. The van der Waals surface area contributed by atoms with Gasteiger partial charge >= 0.3 is 0 Å². The monoisotopic (exact) mass is 182 g/mol.